The average molecular weight is 437 g/mol. The summed E-state index contributed by atoms with van der Waals surface area (Å²) in [6.45, 7) is -0.129. The number of aromatic nitrogens is 3. The highest BCUT2D eigenvalue weighted by atomic mass is 19.4. The van der Waals surface area contributed by atoms with E-state index in [0.717, 1.165) is 10.8 Å². The lowest BCUT2D eigenvalue weighted by Crippen LogP contribution is -2.11. The molecule has 0 saturated heterocycles. The Balaban J connectivity index is 1.57. The second-order valence-corrected chi connectivity index (χ2v) is 6.72. The number of nitrogens with zero attached hydrogens (tertiary/aromatic N) is 3. The van der Waals surface area contributed by atoms with Crippen LogP contribution in [-0.4, -0.2) is 15.0 Å². The monoisotopic (exact) mass is 437 g/mol. The zero-order chi connectivity index (χ0) is 22.2. The molecule has 0 aliphatic carbocycles. The summed E-state index contributed by atoms with van der Waals surface area (Å²) in [5, 5.41) is 9.39. The van der Waals surface area contributed by atoms with Crippen LogP contribution in [0.1, 0.15) is 11.1 Å². The highest BCUT2D eigenvalue weighted by Gasteiger charge is 2.37. The van der Waals surface area contributed by atoms with Gasteiger partial charge in [-0.1, -0.05) is 35.5 Å². The van der Waals surface area contributed by atoms with Gasteiger partial charge in [0.15, 0.2) is 6.73 Å². The number of hydrogen-bond donors (Lipinski definition) is 0. The second-order valence-electron chi connectivity index (χ2n) is 6.72. The summed E-state index contributed by atoms with van der Waals surface area (Å²) in [6, 6.07) is 14.3. The van der Waals surface area contributed by atoms with Crippen molar-refractivity contribution < 1.29 is 31.1 Å². The van der Waals surface area contributed by atoms with Crippen molar-refractivity contribution in [1.82, 2.24) is 15.0 Å². The summed E-state index contributed by atoms with van der Waals surface area (Å²) in [5.41, 5.74) is -3.32. The number of benzene rings is 3. The fraction of sp³-hybridized carbons (Fsp3) is 0.143. The van der Waals surface area contributed by atoms with Crippen molar-refractivity contribution in [3.05, 3.63) is 78.0 Å². The van der Waals surface area contributed by atoms with Gasteiger partial charge in [-0.2, -0.15) is 26.3 Å². The molecule has 0 amide bonds. The molecule has 1 heterocycles. The summed E-state index contributed by atoms with van der Waals surface area (Å²) in [5.74, 6) is 0.522. The topological polar surface area (TPSA) is 39.9 Å². The number of ether oxygens (including phenoxy) is 1. The van der Waals surface area contributed by atoms with Crippen LogP contribution in [0.3, 0.4) is 0 Å². The van der Waals surface area contributed by atoms with Crippen LogP contribution in [0.5, 0.6) is 5.75 Å². The van der Waals surface area contributed by atoms with Crippen molar-refractivity contribution in [2.45, 2.75) is 19.1 Å². The molecule has 4 rings (SSSR count). The van der Waals surface area contributed by atoms with E-state index in [4.69, 9.17) is 4.74 Å². The molecule has 31 heavy (non-hydrogen) atoms. The van der Waals surface area contributed by atoms with Crippen molar-refractivity contribution in [2.24, 2.45) is 0 Å². The molecule has 4 nitrogen and oxygen atoms in total. The maximum absolute atomic E-state index is 13.0. The van der Waals surface area contributed by atoms with Crippen LogP contribution in [0.25, 0.3) is 22.0 Å². The maximum Gasteiger partial charge on any atom is 0.416 e. The van der Waals surface area contributed by atoms with Gasteiger partial charge in [0.25, 0.3) is 0 Å². The zero-order valence-corrected chi connectivity index (χ0v) is 15.6. The van der Waals surface area contributed by atoms with Gasteiger partial charge in [0.05, 0.1) is 17.3 Å². The first-order valence-corrected chi connectivity index (χ1v) is 8.91. The smallest absolute Gasteiger partial charge is 0.416 e. The Labute approximate surface area is 171 Å². The first-order chi connectivity index (χ1) is 14.6. The van der Waals surface area contributed by atoms with Gasteiger partial charge in [0.2, 0.25) is 0 Å². The Morgan fingerprint density at radius 1 is 0.774 bits per heavy atom. The standard InChI is InChI=1S/C21H13F6N3O/c22-20(23,24)16-7-15(8-17(10-16)21(25,26)27)19-11-30(29-28-19)12-31-18-6-5-13-3-1-2-4-14(13)9-18/h1-11H,12H2. The van der Waals surface area contributed by atoms with E-state index in [0.29, 0.717) is 17.9 Å². The number of alkyl halides is 6. The first kappa shape index (κ1) is 20.7. The molecule has 0 saturated carbocycles. The minimum atomic E-state index is -4.94. The van der Waals surface area contributed by atoms with E-state index < -0.39 is 23.5 Å². The predicted octanol–water partition coefficient (Wildman–Crippen LogP) is 6.17. The Bertz CT molecular complexity index is 1200. The molecule has 0 atom stereocenters. The SMILES string of the molecule is FC(F)(F)c1cc(-c2cn(COc3ccc4ccccc4c3)nn2)cc(C(F)(F)F)c1. The van der Waals surface area contributed by atoms with Crippen molar-refractivity contribution in [3.63, 3.8) is 0 Å². The third kappa shape index (κ3) is 4.62. The van der Waals surface area contributed by atoms with Gasteiger partial charge in [-0.3, -0.25) is 0 Å². The number of rotatable bonds is 4. The zero-order valence-electron chi connectivity index (χ0n) is 15.6. The lowest BCUT2D eigenvalue weighted by Gasteiger charge is -2.13. The van der Waals surface area contributed by atoms with Gasteiger partial charge >= 0.3 is 12.4 Å². The average Bonchev–Trinajstić information content (AvgIpc) is 3.19. The molecule has 3 aromatic carbocycles. The van der Waals surface area contributed by atoms with Gasteiger partial charge < -0.3 is 4.74 Å². The minimum Gasteiger partial charge on any atom is -0.471 e. The molecule has 0 aliphatic heterocycles. The number of hydrogen-bond acceptors (Lipinski definition) is 3. The van der Waals surface area contributed by atoms with E-state index >= 15 is 0 Å². The van der Waals surface area contributed by atoms with Crippen LogP contribution < -0.4 is 4.74 Å². The van der Waals surface area contributed by atoms with Crippen LogP contribution >= 0.6 is 0 Å². The highest BCUT2D eigenvalue weighted by molar-refractivity contribution is 5.83. The van der Waals surface area contributed by atoms with E-state index in [2.05, 4.69) is 10.3 Å². The van der Waals surface area contributed by atoms with Crippen LogP contribution in [0.2, 0.25) is 0 Å². The fourth-order valence-electron chi connectivity index (χ4n) is 2.99. The Kier molecular flexibility index (Phi) is 5.08. The highest BCUT2D eigenvalue weighted by Crippen LogP contribution is 2.38. The summed E-state index contributed by atoms with van der Waals surface area (Å²) in [4.78, 5) is 0. The summed E-state index contributed by atoms with van der Waals surface area (Å²) in [7, 11) is 0. The molecule has 4 aromatic rings. The maximum atomic E-state index is 13.0. The van der Waals surface area contributed by atoms with Gasteiger partial charge in [-0.15, -0.1) is 5.10 Å². The van der Waals surface area contributed by atoms with Crippen molar-refractivity contribution >= 4 is 10.8 Å². The molecule has 0 unspecified atom stereocenters. The number of fused-ring (bicyclic) bond motifs is 1. The third-order valence-electron chi connectivity index (χ3n) is 4.51. The van der Waals surface area contributed by atoms with E-state index in [-0.39, 0.29) is 24.1 Å². The molecule has 0 aliphatic rings. The second kappa shape index (κ2) is 7.60. The van der Waals surface area contributed by atoms with E-state index in [1.165, 1.54) is 10.9 Å². The molecular formula is C21H13F6N3O. The largest absolute Gasteiger partial charge is 0.471 e. The Hall–Kier alpha value is -3.56. The lowest BCUT2D eigenvalue weighted by molar-refractivity contribution is -0.143. The normalized spacial score (nSPS) is 12.3. The minimum absolute atomic E-state index is 0.0662. The predicted molar refractivity (Wildman–Crippen MR) is 100 cm³/mol. The van der Waals surface area contributed by atoms with E-state index in [1.54, 1.807) is 12.1 Å². The molecule has 1 aromatic heterocycles. The molecule has 0 radical (unpaired) electrons. The summed E-state index contributed by atoms with van der Waals surface area (Å²) < 4.78 is 85.1. The van der Waals surface area contributed by atoms with Crippen LogP contribution in [-0.2, 0) is 19.1 Å². The van der Waals surface area contributed by atoms with Crippen molar-refractivity contribution in [1.29, 1.82) is 0 Å². The Morgan fingerprint density at radius 2 is 1.42 bits per heavy atom. The molecule has 0 fully saturated rings. The van der Waals surface area contributed by atoms with Gasteiger partial charge in [-0.25, -0.2) is 4.68 Å². The first-order valence-electron chi connectivity index (χ1n) is 8.91. The van der Waals surface area contributed by atoms with Crippen LogP contribution in [0.4, 0.5) is 26.3 Å². The molecule has 10 heteroatoms. The van der Waals surface area contributed by atoms with Gasteiger partial charge in [0, 0.05) is 5.56 Å². The molecule has 0 N–H and O–H groups in total. The molecular weight excluding hydrogens is 424 g/mol. The van der Waals surface area contributed by atoms with Gasteiger partial charge in [0.1, 0.15) is 11.4 Å². The molecule has 160 valence electrons. The van der Waals surface area contributed by atoms with Crippen molar-refractivity contribution in [2.75, 3.05) is 0 Å². The van der Waals surface area contributed by atoms with Crippen molar-refractivity contribution in [3.8, 4) is 17.0 Å². The quantitative estimate of drug-likeness (QED) is 0.359. The Morgan fingerprint density at radius 3 is 2.06 bits per heavy atom. The molecule has 0 spiro atoms. The van der Waals surface area contributed by atoms with E-state index in [1.807, 2.05) is 30.3 Å². The fourth-order valence-corrected chi connectivity index (χ4v) is 2.99. The van der Waals surface area contributed by atoms with Gasteiger partial charge in [-0.05, 0) is 41.1 Å². The number of halogens is 6. The lowest BCUT2D eigenvalue weighted by atomic mass is 10.0. The van der Waals surface area contributed by atoms with E-state index in [9.17, 15) is 26.3 Å². The summed E-state index contributed by atoms with van der Waals surface area (Å²) in [6.07, 6.45) is -8.66. The van der Waals surface area contributed by atoms with Crippen LogP contribution in [0.15, 0.2) is 66.9 Å². The molecule has 0 bridgehead atoms. The third-order valence-corrected chi connectivity index (χ3v) is 4.51. The summed E-state index contributed by atoms with van der Waals surface area (Å²) >= 11 is 0. The van der Waals surface area contributed by atoms with Crippen LogP contribution in [0, 0.1) is 0 Å².